The van der Waals surface area contributed by atoms with Crippen LogP contribution < -0.4 is 5.43 Å². The second kappa shape index (κ2) is 6.28. The predicted molar refractivity (Wildman–Crippen MR) is 80.4 cm³/mol. The Hall–Kier alpha value is -2.23. The Morgan fingerprint density at radius 2 is 2.35 bits per heavy atom. The van der Waals surface area contributed by atoms with Crippen molar-refractivity contribution in [2.75, 3.05) is 0 Å². The van der Waals surface area contributed by atoms with Gasteiger partial charge in [-0.1, -0.05) is 18.2 Å². The van der Waals surface area contributed by atoms with Crippen molar-refractivity contribution in [3.05, 3.63) is 53.9 Å². The van der Waals surface area contributed by atoms with Gasteiger partial charge in [0.1, 0.15) is 0 Å². The fourth-order valence-electron chi connectivity index (χ4n) is 2.10. The first-order chi connectivity index (χ1) is 9.58. The van der Waals surface area contributed by atoms with Crippen LogP contribution in [0, 0.1) is 5.92 Å². The molecule has 20 heavy (non-hydrogen) atoms. The van der Waals surface area contributed by atoms with E-state index in [-0.39, 0.29) is 5.91 Å². The number of nitrogens with one attached hydrogen (secondary N) is 1. The quantitative estimate of drug-likeness (QED) is 0.677. The number of carbonyl (C=O) groups is 1. The normalized spacial score (nSPS) is 20.4. The van der Waals surface area contributed by atoms with E-state index in [1.807, 2.05) is 13.8 Å². The first-order valence-corrected chi connectivity index (χ1v) is 6.67. The van der Waals surface area contributed by atoms with Crippen LogP contribution >= 0.6 is 0 Å². The number of hydrogen-bond donors (Lipinski definition) is 1. The maximum absolute atomic E-state index is 11.9. The molecule has 2 rings (SSSR count). The molecule has 1 aliphatic rings. The zero-order valence-corrected chi connectivity index (χ0v) is 11.9. The van der Waals surface area contributed by atoms with E-state index in [0.29, 0.717) is 11.5 Å². The van der Waals surface area contributed by atoms with E-state index < -0.39 is 0 Å². The molecule has 0 aromatic carbocycles. The molecule has 4 heteroatoms. The van der Waals surface area contributed by atoms with Crippen molar-refractivity contribution in [3.8, 4) is 0 Å². The van der Waals surface area contributed by atoms with Gasteiger partial charge in [0.25, 0.3) is 5.91 Å². The summed E-state index contributed by atoms with van der Waals surface area (Å²) < 4.78 is 0. The molecule has 1 heterocycles. The summed E-state index contributed by atoms with van der Waals surface area (Å²) in [6.07, 6.45) is 7.13. The number of hydrazone groups is 1. The molecule has 1 N–H and O–H groups in total. The molecule has 104 valence electrons. The van der Waals surface area contributed by atoms with Gasteiger partial charge in [0, 0.05) is 12.4 Å². The summed E-state index contributed by atoms with van der Waals surface area (Å²) in [6.45, 7) is 8.05. The summed E-state index contributed by atoms with van der Waals surface area (Å²) >= 11 is 0. The summed E-state index contributed by atoms with van der Waals surface area (Å²) in [4.78, 5) is 15.8. The van der Waals surface area contributed by atoms with Crippen LogP contribution in [0.5, 0.6) is 0 Å². The summed E-state index contributed by atoms with van der Waals surface area (Å²) in [5.74, 6) is 0.170. The van der Waals surface area contributed by atoms with Gasteiger partial charge in [0.2, 0.25) is 0 Å². The fraction of sp³-hybridized carbons (Fsp3) is 0.312. The highest BCUT2D eigenvalue weighted by atomic mass is 16.2. The molecular weight excluding hydrogens is 250 g/mol. The highest BCUT2D eigenvalue weighted by molar-refractivity contribution is 6.02. The van der Waals surface area contributed by atoms with E-state index in [2.05, 4.69) is 28.2 Å². The van der Waals surface area contributed by atoms with Crippen molar-refractivity contribution in [3.63, 3.8) is 0 Å². The van der Waals surface area contributed by atoms with Gasteiger partial charge >= 0.3 is 0 Å². The minimum absolute atomic E-state index is 0.240. The second-order valence-corrected chi connectivity index (χ2v) is 5.11. The molecule has 0 unspecified atom stereocenters. The lowest BCUT2D eigenvalue weighted by Crippen LogP contribution is -2.23. The first kappa shape index (κ1) is 14.2. The van der Waals surface area contributed by atoms with Gasteiger partial charge in [-0.05, 0) is 50.3 Å². The number of aromatic nitrogens is 1. The molecule has 1 aromatic rings. The number of carbonyl (C=O) groups excluding carboxylic acids is 1. The average molecular weight is 269 g/mol. The topological polar surface area (TPSA) is 54.4 Å². The number of hydrogen-bond acceptors (Lipinski definition) is 3. The van der Waals surface area contributed by atoms with E-state index in [4.69, 9.17) is 0 Å². The Morgan fingerprint density at radius 3 is 3.00 bits per heavy atom. The zero-order chi connectivity index (χ0) is 14.5. The summed E-state index contributed by atoms with van der Waals surface area (Å²) in [6, 6.07) is 3.44. The van der Waals surface area contributed by atoms with Gasteiger partial charge in [-0.15, -0.1) is 0 Å². The Kier molecular flexibility index (Phi) is 4.45. The SMILES string of the molecule is C=C(C)[C@H]1CC=C(C)/C(=N\NC(=O)c2cccnc2)C1. The van der Waals surface area contributed by atoms with E-state index in [1.54, 1.807) is 18.3 Å². The number of amides is 1. The van der Waals surface area contributed by atoms with E-state index in [1.165, 1.54) is 6.20 Å². The Balaban J connectivity index is 2.07. The van der Waals surface area contributed by atoms with Crippen molar-refractivity contribution < 1.29 is 4.79 Å². The largest absolute Gasteiger partial charge is 0.272 e. The maximum Gasteiger partial charge on any atom is 0.272 e. The van der Waals surface area contributed by atoms with Crippen LogP contribution in [0.1, 0.15) is 37.0 Å². The molecular formula is C16H19N3O. The summed E-state index contributed by atoms with van der Waals surface area (Å²) in [7, 11) is 0. The number of rotatable bonds is 3. The van der Waals surface area contributed by atoms with E-state index in [0.717, 1.165) is 29.7 Å². The Bertz CT molecular complexity index is 573. The Labute approximate surface area is 119 Å². The summed E-state index contributed by atoms with van der Waals surface area (Å²) in [5.41, 5.74) is 6.29. The van der Waals surface area contributed by atoms with E-state index >= 15 is 0 Å². The zero-order valence-electron chi connectivity index (χ0n) is 11.9. The maximum atomic E-state index is 11.9. The number of allylic oxidation sites excluding steroid dienone is 3. The minimum Gasteiger partial charge on any atom is -0.267 e. The monoisotopic (exact) mass is 269 g/mol. The van der Waals surface area contributed by atoms with Gasteiger partial charge in [-0.3, -0.25) is 9.78 Å². The molecule has 1 atom stereocenters. The third kappa shape index (κ3) is 3.41. The lowest BCUT2D eigenvalue weighted by molar-refractivity contribution is 0.0954. The second-order valence-electron chi connectivity index (χ2n) is 5.11. The van der Waals surface area contributed by atoms with Gasteiger partial charge < -0.3 is 0 Å². The molecule has 0 saturated carbocycles. The van der Waals surface area contributed by atoms with Crippen LogP contribution in [-0.2, 0) is 0 Å². The lowest BCUT2D eigenvalue weighted by Gasteiger charge is -2.22. The van der Waals surface area contributed by atoms with Crippen molar-refractivity contribution in [2.24, 2.45) is 11.0 Å². The average Bonchev–Trinajstić information content (AvgIpc) is 2.46. The van der Waals surface area contributed by atoms with Gasteiger partial charge in [0.05, 0.1) is 11.3 Å². The molecule has 1 aromatic heterocycles. The van der Waals surface area contributed by atoms with Crippen LogP contribution in [0.2, 0.25) is 0 Å². The molecule has 1 aliphatic carbocycles. The predicted octanol–water partition coefficient (Wildman–Crippen LogP) is 3.10. The molecule has 0 aliphatic heterocycles. The van der Waals surface area contributed by atoms with Crippen LogP contribution in [0.25, 0.3) is 0 Å². The van der Waals surface area contributed by atoms with Crippen LogP contribution in [0.4, 0.5) is 0 Å². The van der Waals surface area contributed by atoms with Crippen LogP contribution in [0.3, 0.4) is 0 Å². The standard InChI is InChI=1S/C16H19N3O/c1-11(2)13-7-6-12(3)15(9-13)18-19-16(20)14-5-4-8-17-10-14/h4-6,8,10,13H,1,7,9H2,2-3H3,(H,19,20)/b18-15-/t13-/m0/s1. The first-order valence-electron chi connectivity index (χ1n) is 6.67. The molecule has 0 radical (unpaired) electrons. The third-order valence-electron chi connectivity index (χ3n) is 3.52. The molecule has 4 nitrogen and oxygen atoms in total. The molecule has 0 fully saturated rings. The van der Waals surface area contributed by atoms with Gasteiger partial charge in [-0.25, -0.2) is 5.43 Å². The number of nitrogens with zero attached hydrogens (tertiary/aromatic N) is 2. The fourth-order valence-corrected chi connectivity index (χ4v) is 2.10. The van der Waals surface area contributed by atoms with Crippen LogP contribution in [-0.4, -0.2) is 16.6 Å². The Morgan fingerprint density at radius 1 is 1.55 bits per heavy atom. The highest BCUT2D eigenvalue weighted by Crippen LogP contribution is 2.26. The third-order valence-corrected chi connectivity index (χ3v) is 3.52. The molecule has 1 amide bonds. The molecule has 0 spiro atoms. The van der Waals surface area contributed by atoms with E-state index in [9.17, 15) is 4.79 Å². The van der Waals surface area contributed by atoms with Crippen LogP contribution in [0.15, 0.2) is 53.4 Å². The smallest absolute Gasteiger partial charge is 0.267 e. The van der Waals surface area contributed by atoms with Gasteiger partial charge in [-0.2, -0.15) is 5.10 Å². The minimum atomic E-state index is -0.240. The van der Waals surface area contributed by atoms with Crippen molar-refractivity contribution in [2.45, 2.75) is 26.7 Å². The number of pyridine rings is 1. The van der Waals surface area contributed by atoms with Crippen molar-refractivity contribution >= 4 is 11.6 Å². The lowest BCUT2D eigenvalue weighted by atomic mass is 9.85. The highest BCUT2D eigenvalue weighted by Gasteiger charge is 2.18. The van der Waals surface area contributed by atoms with Crippen molar-refractivity contribution in [1.82, 2.24) is 10.4 Å². The molecule has 0 bridgehead atoms. The summed E-state index contributed by atoms with van der Waals surface area (Å²) in [5, 5.41) is 4.25. The molecule has 0 saturated heterocycles. The van der Waals surface area contributed by atoms with Crippen molar-refractivity contribution in [1.29, 1.82) is 0 Å². The van der Waals surface area contributed by atoms with Gasteiger partial charge in [0.15, 0.2) is 0 Å².